The number of pyridine rings is 2. The van der Waals surface area contributed by atoms with E-state index in [4.69, 9.17) is 21.3 Å². The van der Waals surface area contributed by atoms with Gasteiger partial charge >= 0.3 is 0 Å². The number of aromatic nitrogens is 2. The second-order valence-electron chi connectivity index (χ2n) is 8.32. The van der Waals surface area contributed by atoms with Crippen molar-refractivity contribution in [2.75, 3.05) is 38.2 Å². The zero-order chi connectivity index (χ0) is 20.8. The van der Waals surface area contributed by atoms with Crippen LogP contribution in [0.3, 0.4) is 0 Å². The van der Waals surface area contributed by atoms with Crippen LogP contribution in [-0.4, -0.2) is 42.8 Å². The van der Waals surface area contributed by atoms with Crippen molar-refractivity contribution in [2.45, 2.75) is 32.1 Å². The average Bonchev–Trinajstić information content (AvgIpc) is 2.80. The van der Waals surface area contributed by atoms with Gasteiger partial charge in [0.1, 0.15) is 5.82 Å². The predicted octanol–water partition coefficient (Wildman–Crippen LogP) is 4.07. The highest BCUT2D eigenvalue weighted by Gasteiger charge is 2.32. The summed E-state index contributed by atoms with van der Waals surface area (Å²) in [4.78, 5) is 9.32. The summed E-state index contributed by atoms with van der Waals surface area (Å²) >= 11 is 6.48. The largest absolute Gasteiger partial charge is 0.381 e. The van der Waals surface area contributed by atoms with Crippen molar-refractivity contribution in [2.24, 2.45) is 11.3 Å². The Morgan fingerprint density at radius 2 is 2.07 bits per heavy atom. The van der Waals surface area contributed by atoms with Gasteiger partial charge in [0, 0.05) is 37.2 Å². The van der Waals surface area contributed by atoms with Crippen molar-refractivity contribution < 1.29 is 4.74 Å². The van der Waals surface area contributed by atoms with Crippen LogP contribution in [0.2, 0.25) is 5.02 Å². The Morgan fingerprint density at radius 3 is 2.83 bits per heavy atom. The molecule has 2 aromatic heterocycles. The number of nitriles is 1. The van der Waals surface area contributed by atoms with Crippen LogP contribution < -0.4 is 10.6 Å². The highest BCUT2D eigenvalue weighted by atomic mass is 35.5. The molecule has 2 fully saturated rings. The third kappa shape index (κ3) is 5.10. The summed E-state index contributed by atoms with van der Waals surface area (Å²) in [6, 6.07) is 10.4. The number of nitrogens with one attached hydrogen (secondary N) is 2. The van der Waals surface area contributed by atoms with Gasteiger partial charge in [-0.25, -0.2) is 4.98 Å². The van der Waals surface area contributed by atoms with Gasteiger partial charge in [0.05, 0.1) is 22.2 Å². The molecule has 7 heteroatoms. The first kappa shape index (κ1) is 21.0. The lowest BCUT2D eigenvalue weighted by atomic mass is 9.82. The van der Waals surface area contributed by atoms with E-state index in [0.717, 1.165) is 55.1 Å². The number of ether oxygens (including phenoxy) is 1. The molecule has 2 saturated heterocycles. The van der Waals surface area contributed by atoms with Crippen molar-refractivity contribution in [3.63, 3.8) is 0 Å². The number of piperidine rings is 1. The van der Waals surface area contributed by atoms with Gasteiger partial charge in [-0.3, -0.25) is 4.98 Å². The number of hydrogen-bond acceptors (Lipinski definition) is 6. The van der Waals surface area contributed by atoms with Crippen LogP contribution >= 0.6 is 11.6 Å². The third-order valence-electron chi connectivity index (χ3n) is 6.19. The van der Waals surface area contributed by atoms with Gasteiger partial charge in [-0.1, -0.05) is 17.7 Å². The van der Waals surface area contributed by atoms with Gasteiger partial charge < -0.3 is 15.4 Å². The summed E-state index contributed by atoms with van der Waals surface area (Å²) in [6.07, 6.45) is 6.56. The summed E-state index contributed by atoms with van der Waals surface area (Å²) in [7, 11) is 0. The van der Waals surface area contributed by atoms with Gasteiger partial charge in [-0.15, -0.1) is 0 Å². The molecule has 0 amide bonds. The lowest BCUT2D eigenvalue weighted by Gasteiger charge is -2.30. The molecule has 2 N–H and O–H groups in total. The first-order valence-electron chi connectivity index (χ1n) is 10.7. The first-order valence-corrected chi connectivity index (χ1v) is 11.1. The molecule has 0 radical (unpaired) electrons. The fourth-order valence-corrected chi connectivity index (χ4v) is 4.40. The zero-order valence-corrected chi connectivity index (χ0v) is 17.9. The van der Waals surface area contributed by atoms with Gasteiger partial charge in [0.15, 0.2) is 0 Å². The van der Waals surface area contributed by atoms with Gasteiger partial charge in [-0.2, -0.15) is 5.26 Å². The fourth-order valence-electron chi connectivity index (χ4n) is 4.20. The molecule has 158 valence electrons. The Balaban J connectivity index is 1.49. The van der Waals surface area contributed by atoms with E-state index in [1.54, 1.807) is 6.20 Å². The van der Waals surface area contributed by atoms with Gasteiger partial charge in [-0.05, 0) is 69.3 Å². The molecule has 6 nitrogen and oxygen atoms in total. The zero-order valence-electron chi connectivity index (χ0n) is 17.2. The number of rotatable bonds is 6. The molecule has 0 atom stereocenters. The van der Waals surface area contributed by atoms with Crippen molar-refractivity contribution in [3.8, 4) is 17.3 Å². The third-order valence-corrected chi connectivity index (χ3v) is 6.49. The summed E-state index contributed by atoms with van der Waals surface area (Å²) in [5.41, 5.74) is 2.39. The van der Waals surface area contributed by atoms with Gasteiger partial charge in [0.25, 0.3) is 0 Å². The Morgan fingerprint density at radius 1 is 1.27 bits per heavy atom. The fraction of sp³-hybridized carbons (Fsp3) is 0.522. The standard InChI is InChI=1S/C23H28ClN5O/c24-20-14-27-18(12-17-4-8-26-9-5-17)13-19(20)21-2-1-3-22(29-21)28-16-23(15-25)6-10-30-11-7-23/h1-3,13-14,17,26H,4-12,16H2,(H,28,29). The van der Waals surface area contributed by atoms with Crippen LogP contribution in [0, 0.1) is 22.7 Å². The summed E-state index contributed by atoms with van der Waals surface area (Å²) < 4.78 is 5.42. The van der Waals surface area contributed by atoms with E-state index >= 15 is 0 Å². The van der Waals surface area contributed by atoms with E-state index in [2.05, 4.69) is 27.8 Å². The van der Waals surface area contributed by atoms with Crippen LogP contribution in [0.1, 0.15) is 31.4 Å². The number of anilines is 1. The van der Waals surface area contributed by atoms with E-state index in [0.29, 0.717) is 30.7 Å². The van der Waals surface area contributed by atoms with E-state index in [1.165, 1.54) is 12.8 Å². The van der Waals surface area contributed by atoms with E-state index in [1.807, 2.05) is 18.2 Å². The maximum Gasteiger partial charge on any atom is 0.126 e. The SMILES string of the molecule is N#CC1(CNc2cccc(-c3cc(CC4CCNCC4)ncc3Cl)n2)CCOCC1. The summed E-state index contributed by atoms with van der Waals surface area (Å²) in [5.74, 6) is 1.41. The van der Waals surface area contributed by atoms with E-state index < -0.39 is 5.41 Å². The number of nitrogens with zero attached hydrogens (tertiary/aromatic N) is 3. The first-order chi connectivity index (χ1) is 14.7. The molecule has 2 aromatic rings. The lowest BCUT2D eigenvalue weighted by molar-refractivity contribution is 0.0455. The monoisotopic (exact) mass is 425 g/mol. The van der Waals surface area contributed by atoms with Crippen LogP contribution in [0.25, 0.3) is 11.3 Å². The molecular weight excluding hydrogens is 398 g/mol. The minimum atomic E-state index is -0.397. The van der Waals surface area contributed by atoms with Crippen molar-refractivity contribution in [3.05, 3.63) is 41.2 Å². The molecule has 0 saturated carbocycles. The molecule has 0 bridgehead atoms. The highest BCUT2D eigenvalue weighted by Crippen LogP contribution is 2.31. The Kier molecular flexibility index (Phi) is 6.83. The second-order valence-corrected chi connectivity index (χ2v) is 8.73. The van der Waals surface area contributed by atoms with Crippen LogP contribution in [0.5, 0.6) is 0 Å². The Labute approximate surface area is 183 Å². The summed E-state index contributed by atoms with van der Waals surface area (Å²) in [5, 5.41) is 17.0. The minimum absolute atomic E-state index is 0.397. The second kappa shape index (κ2) is 9.74. The molecule has 0 spiro atoms. The molecule has 4 heterocycles. The van der Waals surface area contributed by atoms with E-state index in [-0.39, 0.29) is 0 Å². The van der Waals surface area contributed by atoms with Crippen LogP contribution in [-0.2, 0) is 11.2 Å². The average molecular weight is 426 g/mol. The predicted molar refractivity (Wildman–Crippen MR) is 118 cm³/mol. The van der Waals surface area contributed by atoms with Crippen molar-refractivity contribution in [1.82, 2.24) is 15.3 Å². The topological polar surface area (TPSA) is 82.9 Å². The number of hydrogen-bond donors (Lipinski definition) is 2. The quantitative estimate of drug-likeness (QED) is 0.725. The smallest absolute Gasteiger partial charge is 0.126 e. The van der Waals surface area contributed by atoms with Crippen LogP contribution in [0.15, 0.2) is 30.5 Å². The normalized spacial score (nSPS) is 19.2. The molecule has 4 rings (SSSR count). The Hall–Kier alpha value is -2.20. The maximum atomic E-state index is 9.66. The van der Waals surface area contributed by atoms with Crippen LogP contribution in [0.4, 0.5) is 5.82 Å². The minimum Gasteiger partial charge on any atom is -0.381 e. The highest BCUT2D eigenvalue weighted by molar-refractivity contribution is 6.33. The molecule has 2 aliphatic rings. The molecule has 0 aliphatic carbocycles. The molecule has 0 unspecified atom stereocenters. The molecule has 30 heavy (non-hydrogen) atoms. The lowest BCUT2D eigenvalue weighted by Crippen LogP contribution is -2.34. The number of halogens is 1. The molecular formula is C23H28ClN5O. The maximum absolute atomic E-state index is 9.66. The summed E-state index contributed by atoms with van der Waals surface area (Å²) in [6.45, 7) is 3.99. The molecule has 0 aromatic carbocycles. The van der Waals surface area contributed by atoms with E-state index in [9.17, 15) is 5.26 Å². The molecule has 2 aliphatic heterocycles. The van der Waals surface area contributed by atoms with Gasteiger partial charge in [0.2, 0.25) is 0 Å². The van der Waals surface area contributed by atoms with Crippen molar-refractivity contribution >= 4 is 17.4 Å². The van der Waals surface area contributed by atoms with Crippen molar-refractivity contribution in [1.29, 1.82) is 5.26 Å². The Bertz CT molecular complexity index is 901.